The zero-order chi connectivity index (χ0) is 21.8. The van der Waals surface area contributed by atoms with Gasteiger partial charge in [-0.3, -0.25) is 9.69 Å². The Bertz CT molecular complexity index is 1030. The molecular formula is C27H33N3O. The number of hydrogen-bond acceptors (Lipinski definition) is 2. The Kier molecular flexibility index (Phi) is 6.57. The van der Waals surface area contributed by atoms with Crippen LogP contribution >= 0.6 is 0 Å². The summed E-state index contributed by atoms with van der Waals surface area (Å²) < 4.78 is 2.16. The number of nitrogens with one attached hydrogen (secondary N) is 1. The van der Waals surface area contributed by atoms with Crippen molar-refractivity contribution in [2.45, 2.75) is 52.7 Å². The zero-order valence-electron chi connectivity index (χ0n) is 18.9. The first-order chi connectivity index (χ1) is 15.0. The normalized spacial score (nSPS) is 15.2. The molecule has 1 fully saturated rings. The van der Waals surface area contributed by atoms with E-state index in [2.05, 4.69) is 89.3 Å². The van der Waals surface area contributed by atoms with E-state index >= 15 is 0 Å². The molecule has 0 spiro atoms. The quantitative estimate of drug-likeness (QED) is 0.624. The maximum Gasteiger partial charge on any atom is 0.268 e. The van der Waals surface area contributed by atoms with Crippen molar-refractivity contribution in [2.24, 2.45) is 0 Å². The van der Waals surface area contributed by atoms with Crippen molar-refractivity contribution in [1.82, 2.24) is 14.8 Å². The number of benzene rings is 2. The Labute approximate surface area is 185 Å². The van der Waals surface area contributed by atoms with Gasteiger partial charge in [-0.15, -0.1) is 0 Å². The number of likely N-dealkylation sites (tertiary alicyclic amines) is 1. The summed E-state index contributed by atoms with van der Waals surface area (Å²) in [6.45, 7) is 9.97. The third-order valence-electron chi connectivity index (χ3n) is 6.30. The molecule has 31 heavy (non-hydrogen) atoms. The van der Waals surface area contributed by atoms with E-state index < -0.39 is 0 Å². The number of aromatic nitrogens is 1. The van der Waals surface area contributed by atoms with Crippen molar-refractivity contribution in [3.8, 4) is 0 Å². The number of piperidine rings is 1. The fraction of sp³-hybridized carbons (Fsp3) is 0.370. The maximum absolute atomic E-state index is 13.3. The van der Waals surface area contributed by atoms with Gasteiger partial charge in [0.05, 0.1) is 0 Å². The minimum Gasteiger partial charge on any atom is -0.348 e. The molecule has 1 aliphatic heterocycles. The van der Waals surface area contributed by atoms with Crippen molar-refractivity contribution in [1.29, 1.82) is 0 Å². The van der Waals surface area contributed by atoms with Crippen LogP contribution in [0.15, 0.2) is 60.7 Å². The van der Waals surface area contributed by atoms with Crippen LogP contribution in [0.25, 0.3) is 0 Å². The summed E-state index contributed by atoms with van der Waals surface area (Å²) >= 11 is 0. The van der Waals surface area contributed by atoms with Crippen LogP contribution in [0.3, 0.4) is 0 Å². The van der Waals surface area contributed by atoms with Crippen LogP contribution in [-0.4, -0.2) is 34.5 Å². The summed E-state index contributed by atoms with van der Waals surface area (Å²) in [5.74, 6) is 0.0553. The fourth-order valence-electron chi connectivity index (χ4n) is 4.68. The van der Waals surface area contributed by atoms with Gasteiger partial charge in [0.15, 0.2) is 0 Å². The van der Waals surface area contributed by atoms with Crippen LogP contribution in [0.5, 0.6) is 0 Å². The molecule has 4 heteroatoms. The van der Waals surface area contributed by atoms with Gasteiger partial charge in [-0.05, 0) is 56.4 Å². The third kappa shape index (κ3) is 5.26. The summed E-state index contributed by atoms with van der Waals surface area (Å²) in [7, 11) is 0. The first kappa shape index (κ1) is 21.4. The molecule has 4 rings (SSSR count). The van der Waals surface area contributed by atoms with Crippen LogP contribution in [-0.2, 0) is 13.1 Å². The lowest BCUT2D eigenvalue weighted by atomic mass is 10.0. The second kappa shape index (κ2) is 9.52. The Hall–Kier alpha value is -2.85. The van der Waals surface area contributed by atoms with Gasteiger partial charge in [0.25, 0.3) is 5.91 Å². The molecule has 0 aliphatic carbocycles. The number of carbonyl (C=O) groups is 1. The van der Waals surface area contributed by atoms with E-state index in [1.165, 1.54) is 16.7 Å². The summed E-state index contributed by atoms with van der Waals surface area (Å²) in [6.07, 6.45) is 1.99. The van der Waals surface area contributed by atoms with Crippen molar-refractivity contribution in [2.75, 3.05) is 13.1 Å². The van der Waals surface area contributed by atoms with Crippen molar-refractivity contribution in [3.63, 3.8) is 0 Å². The standard InChI is InChI=1S/C27H33N3O/c1-20-8-7-11-24(16-20)19-30-22(3)17-21(2)26(30)27(31)28-25-12-14-29(15-13-25)18-23-9-5-4-6-10-23/h4-11,16-17,25H,12-15,18-19H2,1-3H3,(H,28,31). The highest BCUT2D eigenvalue weighted by atomic mass is 16.2. The minimum absolute atomic E-state index is 0.0553. The highest BCUT2D eigenvalue weighted by Crippen LogP contribution is 2.20. The van der Waals surface area contributed by atoms with Gasteiger partial charge in [0.2, 0.25) is 0 Å². The average molecular weight is 416 g/mol. The Morgan fingerprint density at radius 3 is 2.32 bits per heavy atom. The van der Waals surface area contributed by atoms with Gasteiger partial charge in [-0.2, -0.15) is 0 Å². The van der Waals surface area contributed by atoms with Crippen molar-refractivity contribution >= 4 is 5.91 Å². The lowest BCUT2D eigenvalue weighted by Gasteiger charge is -2.32. The lowest BCUT2D eigenvalue weighted by Crippen LogP contribution is -2.44. The highest BCUT2D eigenvalue weighted by molar-refractivity contribution is 5.94. The summed E-state index contributed by atoms with van der Waals surface area (Å²) in [6, 6.07) is 21.5. The summed E-state index contributed by atoms with van der Waals surface area (Å²) in [4.78, 5) is 15.7. The number of hydrogen-bond donors (Lipinski definition) is 1. The monoisotopic (exact) mass is 415 g/mol. The van der Waals surface area contributed by atoms with Crippen LogP contribution in [0.2, 0.25) is 0 Å². The highest BCUT2D eigenvalue weighted by Gasteiger charge is 2.24. The molecule has 1 N–H and O–H groups in total. The number of aryl methyl sites for hydroxylation is 3. The molecular weight excluding hydrogens is 382 g/mol. The van der Waals surface area contributed by atoms with Crippen LogP contribution in [0.1, 0.15) is 51.3 Å². The van der Waals surface area contributed by atoms with Crippen molar-refractivity contribution < 1.29 is 4.79 Å². The first-order valence-electron chi connectivity index (χ1n) is 11.3. The van der Waals surface area contributed by atoms with Crippen LogP contribution in [0, 0.1) is 20.8 Å². The molecule has 0 atom stereocenters. The second-order valence-electron chi connectivity index (χ2n) is 8.90. The van der Waals surface area contributed by atoms with Gasteiger partial charge in [-0.1, -0.05) is 60.2 Å². The molecule has 1 aromatic heterocycles. The summed E-state index contributed by atoms with van der Waals surface area (Å²) in [5.41, 5.74) is 6.79. The number of nitrogens with zero attached hydrogens (tertiary/aromatic N) is 2. The molecule has 2 heterocycles. The molecule has 2 aromatic carbocycles. The number of rotatable bonds is 6. The maximum atomic E-state index is 13.3. The predicted octanol–water partition coefficient (Wildman–Crippen LogP) is 4.86. The van der Waals surface area contributed by atoms with Gasteiger partial charge in [-0.25, -0.2) is 0 Å². The third-order valence-corrected chi connectivity index (χ3v) is 6.30. The topological polar surface area (TPSA) is 37.3 Å². The molecule has 1 amide bonds. The first-order valence-corrected chi connectivity index (χ1v) is 11.3. The molecule has 1 aliphatic rings. The zero-order valence-corrected chi connectivity index (χ0v) is 18.9. The molecule has 0 saturated carbocycles. The summed E-state index contributed by atoms with van der Waals surface area (Å²) in [5, 5.41) is 3.32. The predicted molar refractivity (Wildman–Crippen MR) is 126 cm³/mol. The van der Waals surface area contributed by atoms with Crippen LogP contribution < -0.4 is 5.32 Å². The smallest absolute Gasteiger partial charge is 0.268 e. The lowest BCUT2D eigenvalue weighted by molar-refractivity contribution is 0.0899. The van der Waals surface area contributed by atoms with Gasteiger partial charge < -0.3 is 9.88 Å². The average Bonchev–Trinajstić information content (AvgIpc) is 3.03. The Morgan fingerprint density at radius 1 is 0.903 bits per heavy atom. The molecule has 3 aromatic rings. The van der Waals surface area contributed by atoms with E-state index in [4.69, 9.17) is 0 Å². The second-order valence-corrected chi connectivity index (χ2v) is 8.90. The molecule has 0 bridgehead atoms. The Balaban J connectivity index is 1.39. The molecule has 0 unspecified atom stereocenters. The van der Waals surface area contributed by atoms with Gasteiger partial charge in [0.1, 0.15) is 5.69 Å². The van der Waals surface area contributed by atoms with E-state index in [9.17, 15) is 4.79 Å². The molecule has 162 valence electrons. The minimum atomic E-state index is 0.0553. The van der Waals surface area contributed by atoms with Crippen LogP contribution in [0.4, 0.5) is 0 Å². The SMILES string of the molecule is Cc1cccc(Cn2c(C)cc(C)c2C(=O)NC2CCN(Cc3ccccc3)CC2)c1. The Morgan fingerprint density at radius 2 is 1.61 bits per heavy atom. The number of amides is 1. The van der Waals surface area contributed by atoms with Gasteiger partial charge in [0, 0.05) is 37.9 Å². The van der Waals surface area contributed by atoms with E-state index in [1.54, 1.807) is 0 Å². The van der Waals surface area contributed by atoms with E-state index in [1.807, 2.05) is 6.92 Å². The molecule has 0 radical (unpaired) electrons. The van der Waals surface area contributed by atoms with E-state index in [-0.39, 0.29) is 11.9 Å². The van der Waals surface area contributed by atoms with E-state index in [0.29, 0.717) is 0 Å². The molecule has 1 saturated heterocycles. The number of carbonyl (C=O) groups excluding carboxylic acids is 1. The fourth-order valence-corrected chi connectivity index (χ4v) is 4.68. The van der Waals surface area contributed by atoms with Gasteiger partial charge >= 0.3 is 0 Å². The van der Waals surface area contributed by atoms with Crippen molar-refractivity contribution in [3.05, 3.63) is 94.3 Å². The molecule has 4 nitrogen and oxygen atoms in total. The largest absolute Gasteiger partial charge is 0.348 e. The van der Waals surface area contributed by atoms with E-state index in [0.717, 1.165) is 56.0 Å².